The van der Waals surface area contributed by atoms with Gasteiger partial charge in [0.2, 0.25) is 5.91 Å². The number of carbonyl (C=O) groups is 3. The lowest BCUT2D eigenvalue weighted by Gasteiger charge is -2.22. The Kier molecular flexibility index (Phi) is 5.14. The lowest BCUT2D eigenvalue weighted by Crippen LogP contribution is -2.42. The third-order valence-electron chi connectivity index (χ3n) is 4.34. The van der Waals surface area contributed by atoms with Crippen LogP contribution in [0.3, 0.4) is 0 Å². The normalized spacial score (nSPS) is 18.7. The highest BCUT2D eigenvalue weighted by Crippen LogP contribution is 2.30. The van der Waals surface area contributed by atoms with E-state index in [1.807, 2.05) is 0 Å². The summed E-state index contributed by atoms with van der Waals surface area (Å²) in [5.41, 5.74) is -0.925. The SMILES string of the molecule is CC1(c2cccc([N+](=O)[O-])c2)NC(=O)N(CC(=O)Nc2ccc(Br)cc2)C1=O. The summed E-state index contributed by atoms with van der Waals surface area (Å²) >= 11 is 3.29. The van der Waals surface area contributed by atoms with Crippen molar-refractivity contribution in [1.29, 1.82) is 0 Å². The Hall–Kier alpha value is -3.27. The Morgan fingerprint density at radius 2 is 1.93 bits per heavy atom. The molecular formula is C18H15BrN4O5. The molecule has 1 fully saturated rings. The lowest BCUT2D eigenvalue weighted by molar-refractivity contribution is -0.385. The van der Waals surface area contributed by atoms with Gasteiger partial charge in [0.25, 0.3) is 11.6 Å². The number of benzene rings is 2. The van der Waals surface area contributed by atoms with Gasteiger partial charge >= 0.3 is 6.03 Å². The first-order valence-corrected chi connectivity index (χ1v) is 8.94. The van der Waals surface area contributed by atoms with Crippen LogP contribution in [0, 0.1) is 10.1 Å². The van der Waals surface area contributed by atoms with Crippen molar-refractivity contribution in [2.75, 3.05) is 11.9 Å². The molecule has 0 saturated carbocycles. The fourth-order valence-corrected chi connectivity index (χ4v) is 3.11. The van der Waals surface area contributed by atoms with E-state index in [1.165, 1.54) is 31.2 Å². The number of rotatable bonds is 5. The van der Waals surface area contributed by atoms with Crippen molar-refractivity contribution < 1.29 is 19.3 Å². The van der Waals surface area contributed by atoms with Gasteiger partial charge in [0.05, 0.1) is 4.92 Å². The van der Waals surface area contributed by atoms with Crippen LogP contribution in [-0.4, -0.2) is 34.2 Å². The highest BCUT2D eigenvalue weighted by atomic mass is 79.9. The largest absolute Gasteiger partial charge is 0.325 e. The second-order valence-electron chi connectivity index (χ2n) is 6.31. The molecule has 4 amide bonds. The summed E-state index contributed by atoms with van der Waals surface area (Å²) in [6, 6.07) is 11.5. The Balaban J connectivity index is 1.77. The van der Waals surface area contributed by atoms with Gasteiger partial charge in [0.1, 0.15) is 12.1 Å². The molecule has 28 heavy (non-hydrogen) atoms. The van der Waals surface area contributed by atoms with E-state index in [1.54, 1.807) is 24.3 Å². The average molecular weight is 447 g/mol. The first-order valence-electron chi connectivity index (χ1n) is 8.15. The summed E-state index contributed by atoms with van der Waals surface area (Å²) in [4.78, 5) is 48.6. The third kappa shape index (κ3) is 3.72. The number of nitro groups is 1. The minimum atomic E-state index is -1.50. The van der Waals surface area contributed by atoms with Crippen molar-refractivity contribution in [3.63, 3.8) is 0 Å². The molecule has 2 N–H and O–H groups in total. The van der Waals surface area contributed by atoms with Gasteiger partial charge < -0.3 is 10.6 Å². The predicted molar refractivity (Wildman–Crippen MR) is 103 cm³/mol. The van der Waals surface area contributed by atoms with E-state index in [0.717, 1.165) is 9.37 Å². The Labute approximate surface area is 168 Å². The van der Waals surface area contributed by atoms with Gasteiger partial charge in [0.15, 0.2) is 0 Å². The highest BCUT2D eigenvalue weighted by Gasteiger charge is 2.49. The number of non-ortho nitro benzene ring substituents is 1. The quantitative estimate of drug-likeness (QED) is 0.415. The van der Waals surface area contributed by atoms with Gasteiger partial charge in [-0.15, -0.1) is 0 Å². The van der Waals surface area contributed by atoms with Crippen LogP contribution in [0.25, 0.3) is 0 Å². The highest BCUT2D eigenvalue weighted by molar-refractivity contribution is 9.10. The molecule has 1 heterocycles. The van der Waals surface area contributed by atoms with Gasteiger partial charge in [-0.1, -0.05) is 28.1 Å². The van der Waals surface area contributed by atoms with Crippen molar-refractivity contribution in [3.8, 4) is 0 Å². The number of urea groups is 1. The monoisotopic (exact) mass is 446 g/mol. The lowest BCUT2D eigenvalue weighted by atomic mass is 9.91. The summed E-state index contributed by atoms with van der Waals surface area (Å²) in [7, 11) is 0. The maximum absolute atomic E-state index is 12.8. The van der Waals surface area contributed by atoms with E-state index in [0.29, 0.717) is 5.69 Å². The van der Waals surface area contributed by atoms with Crippen molar-refractivity contribution >= 4 is 45.2 Å². The van der Waals surface area contributed by atoms with Gasteiger partial charge in [-0.3, -0.25) is 24.6 Å². The van der Waals surface area contributed by atoms with E-state index >= 15 is 0 Å². The number of halogens is 1. The Morgan fingerprint density at radius 3 is 2.57 bits per heavy atom. The number of carbonyl (C=O) groups excluding carboxylic acids is 3. The zero-order valence-electron chi connectivity index (χ0n) is 14.6. The average Bonchev–Trinajstić information content (AvgIpc) is 2.88. The molecule has 0 aliphatic carbocycles. The summed E-state index contributed by atoms with van der Waals surface area (Å²) in [5, 5.41) is 16.1. The molecule has 0 spiro atoms. The van der Waals surface area contributed by atoms with Crippen molar-refractivity contribution in [2.45, 2.75) is 12.5 Å². The molecule has 2 aromatic carbocycles. The maximum atomic E-state index is 12.8. The van der Waals surface area contributed by atoms with Crippen LogP contribution in [-0.2, 0) is 15.1 Å². The summed E-state index contributed by atoms with van der Waals surface area (Å²) in [6.07, 6.45) is 0. The van der Waals surface area contributed by atoms with Crippen LogP contribution in [0.4, 0.5) is 16.2 Å². The predicted octanol–water partition coefficient (Wildman–Crippen LogP) is 2.76. The zero-order valence-corrected chi connectivity index (χ0v) is 16.2. The second-order valence-corrected chi connectivity index (χ2v) is 7.22. The molecule has 3 rings (SSSR count). The number of nitrogens with zero attached hydrogens (tertiary/aromatic N) is 2. The minimum absolute atomic E-state index is 0.202. The number of amides is 4. The topological polar surface area (TPSA) is 122 Å². The molecule has 10 heteroatoms. The minimum Gasteiger partial charge on any atom is -0.325 e. The summed E-state index contributed by atoms with van der Waals surface area (Å²) in [5.74, 6) is -1.21. The molecule has 1 saturated heterocycles. The van der Waals surface area contributed by atoms with Crippen LogP contribution < -0.4 is 10.6 Å². The van der Waals surface area contributed by atoms with Crippen LogP contribution in [0.1, 0.15) is 12.5 Å². The Bertz CT molecular complexity index is 978. The molecule has 0 aromatic heterocycles. The van der Waals surface area contributed by atoms with E-state index in [2.05, 4.69) is 26.6 Å². The third-order valence-corrected chi connectivity index (χ3v) is 4.87. The molecule has 2 aromatic rings. The van der Waals surface area contributed by atoms with Crippen LogP contribution in [0.5, 0.6) is 0 Å². The fourth-order valence-electron chi connectivity index (χ4n) is 2.84. The molecule has 1 unspecified atom stereocenters. The number of nitro benzene ring substituents is 1. The van der Waals surface area contributed by atoms with Crippen molar-refractivity contribution in [3.05, 3.63) is 68.7 Å². The standard InChI is InChI=1S/C18H15BrN4O5/c1-18(11-3-2-4-14(9-11)23(27)28)16(25)22(17(26)21-18)10-15(24)20-13-7-5-12(19)6-8-13/h2-9H,10H2,1H3,(H,20,24)(H,21,26). The molecule has 1 aliphatic rings. The number of anilines is 1. The molecule has 1 atom stereocenters. The van der Waals surface area contributed by atoms with Crippen LogP contribution in [0.2, 0.25) is 0 Å². The summed E-state index contributed by atoms with van der Waals surface area (Å²) in [6.45, 7) is 0.962. The van der Waals surface area contributed by atoms with E-state index in [9.17, 15) is 24.5 Å². The molecule has 0 bridgehead atoms. The molecule has 0 radical (unpaired) electrons. The van der Waals surface area contributed by atoms with Gasteiger partial charge in [-0.05, 0) is 36.8 Å². The fraction of sp³-hybridized carbons (Fsp3) is 0.167. The van der Waals surface area contributed by atoms with Crippen LogP contribution >= 0.6 is 15.9 Å². The maximum Gasteiger partial charge on any atom is 0.325 e. The van der Waals surface area contributed by atoms with Gasteiger partial charge in [0, 0.05) is 22.3 Å². The molecule has 144 valence electrons. The molecule has 1 aliphatic heterocycles. The Morgan fingerprint density at radius 1 is 1.25 bits per heavy atom. The first kappa shape index (κ1) is 19.5. The van der Waals surface area contributed by atoms with Gasteiger partial charge in [-0.2, -0.15) is 0 Å². The summed E-state index contributed by atoms with van der Waals surface area (Å²) < 4.78 is 0.840. The molecular weight excluding hydrogens is 432 g/mol. The van der Waals surface area contributed by atoms with Crippen LogP contribution in [0.15, 0.2) is 53.0 Å². The number of nitrogens with one attached hydrogen (secondary N) is 2. The van der Waals surface area contributed by atoms with E-state index < -0.39 is 34.9 Å². The number of hydrogen-bond donors (Lipinski definition) is 2. The van der Waals surface area contributed by atoms with Gasteiger partial charge in [-0.25, -0.2) is 4.79 Å². The number of imide groups is 1. The molecule has 9 nitrogen and oxygen atoms in total. The first-order chi connectivity index (χ1) is 13.2. The second kappa shape index (κ2) is 7.39. The number of hydrogen-bond acceptors (Lipinski definition) is 5. The zero-order chi connectivity index (χ0) is 20.5. The smallest absolute Gasteiger partial charge is 0.325 e. The van der Waals surface area contributed by atoms with E-state index in [-0.39, 0.29) is 11.3 Å². The van der Waals surface area contributed by atoms with Crippen molar-refractivity contribution in [2.24, 2.45) is 0 Å². The van der Waals surface area contributed by atoms with E-state index in [4.69, 9.17) is 0 Å². The van der Waals surface area contributed by atoms with Crippen molar-refractivity contribution in [1.82, 2.24) is 10.2 Å².